The van der Waals surface area contributed by atoms with Gasteiger partial charge < -0.3 is 25.2 Å². The average Bonchev–Trinajstić information content (AvgIpc) is 3.14. The van der Waals surface area contributed by atoms with Gasteiger partial charge in [-0.25, -0.2) is 4.57 Å². The molecule has 0 aliphatic carbocycles. The van der Waals surface area contributed by atoms with Crippen LogP contribution in [0.2, 0.25) is 0 Å². The van der Waals surface area contributed by atoms with Crippen molar-refractivity contribution in [2.45, 2.75) is 219 Å². The van der Waals surface area contributed by atoms with Crippen LogP contribution in [0, 0.1) is 0 Å². The molecule has 0 spiro atoms. The number of hydrogen-bond donors (Lipinski definition) is 3. The lowest BCUT2D eigenvalue weighted by molar-refractivity contribution is -0.161. The summed E-state index contributed by atoms with van der Waals surface area (Å²) in [7, 11) is -4.71. The molecule has 0 aliphatic rings. The lowest BCUT2D eigenvalue weighted by atomic mass is 10.0. The number of phosphoric ester groups is 1. The molecular weight excluding hydrogens is 709 g/mol. The molecule has 3 atom stereocenters. The number of hydrogen-bond acceptors (Lipinski definition) is 9. The third-order valence-corrected chi connectivity index (χ3v) is 10.5. The summed E-state index contributed by atoms with van der Waals surface area (Å²) in [4.78, 5) is 45.9. The normalized spacial score (nSPS) is 13.9. The number of carboxylic acids is 1. The van der Waals surface area contributed by atoms with E-state index in [9.17, 15) is 23.8 Å². The van der Waals surface area contributed by atoms with E-state index in [-0.39, 0.29) is 19.4 Å². The number of allylic oxidation sites excluding steroid dienone is 2. The number of aliphatic carboxylic acids is 1. The van der Waals surface area contributed by atoms with Gasteiger partial charge in [-0.05, 0) is 38.5 Å². The van der Waals surface area contributed by atoms with E-state index < -0.39 is 51.1 Å². The molecule has 1 unspecified atom stereocenters. The first kappa shape index (κ1) is 52.2. The Bertz CT molecular complexity index is 979. The Morgan fingerprint density at radius 1 is 0.556 bits per heavy atom. The van der Waals surface area contributed by atoms with Crippen LogP contribution in [0.1, 0.15) is 206 Å². The molecule has 12 heteroatoms. The van der Waals surface area contributed by atoms with Gasteiger partial charge in [0.15, 0.2) is 6.10 Å². The summed E-state index contributed by atoms with van der Waals surface area (Å²) >= 11 is 0. The van der Waals surface area contributed by atoms with E-state index >= 15 is 0 Å². The van der Waals surface area contributed by atoms with Gasteiger partial charge in [-0.1, -0.05) is 167 Å². The lowest BCUT2D eigenvalue weighted by Crippen LogP contribution is -2.34. The second kappa shape index (κ2) is 38.1. The molecule has 0 saturated carbocycles. The zero-order valence-electron chi connectivity index (χ0n) is 34.3. The summed E-state index contributed by atoms with van der Waals surface area (Å²) in [6.45, 7) is 2.81. The Morgan fingerprint density at radius 2 is 0.926 bits per heavy atom. The highest BCUT2D eigenvalue weighted by Crippen LogP contribution is 2.43. The number of carbonyl (C=O) groups excluding carboxylic acids is 2. The van der Waals surface area contributed by atoms with Gasteiger partial charge in [-0.2, -0.15) is 0 Å². The van der Waals surface area contributed by atoms with Crippen LogP contribution in [-0.2, 0) is 37.5 Å². The van der Waals surface area contributed by atoms with Gasteiger partial charge in [-0.3, -0.25) is 23.4 Å². The van der Waals surface area contributed by atoms with E-state index in [1.165, 1.54) is 109 Å². The maximum absolute atomic E-state index is 12.6. The van der Waals surface area contributed by atoms with Crippen molar-refractivity contribution in [3.05, 3.63) is 12.2 Å². The fraction of sp³-hybridized carbons (Fsp3) is 0.881. The smallest absolute Gasteiger partial charge is 0.472 e. The molecule has 0 heterocycles. The molecule has 0 radical (unpaired) electrons. The van der Waals surface area contributed by atoms with Gasteiger partial charge in [0.25, 0.3) is 0 Å². The van der Waals surface area contributed by atoms with Crippen LogP contribution in [0.15, 0.2) is 12.2 Å². The van der Waals surface area contributed by atoms with Crippen LogP contribution >= 0.6 is 7.82 Å². The maximum atomic E-state index is 12.6. The molecule has 318 valence electrons. The Morgan fingerprint density at radius 3 is 1.35 bits per heavy atom. The van der Waals surface area contributed by atoms with E-state index in [0.717, 1.165) is 57.8 Å². The Hall–Kier alpha value is -1.78. The first-order valence-electron chi connectivity index (χ1n) is 21.7. The van der Waals surface area contributed by atoms with Crippen LogP contribution < -0.4 is 5.73 Å². The second-order valence-electron chi connectivity index (χ2n) is 14.8. The average molecular weight is 790 g/mol. The van der Waals surface area contributed by atoms with E-state index in [1.54, 1.807) is 0 Å². The van der Waals surface area contributed by atoms with Gasteiger partial charge in [0, 0.05) is 12.8 Å². The van der Waals surface area contributed by atoms with Crippen LogP contribution in [-0.4, -0.2) is 59.9 Å². The molecule has 0 amide bonds. The minimum atomic E-state index is -4.71. The first-order chi connectivity index (χ1) is 26.1. The summed E-state index contributed by atoms with van der Waals surface area (Å²) in [5, 5.41) is 8.88. The molecule has 0 rings (SSSR count). The molecule has 0 saturated heterocycles. The molecule has 0 fully saturated rings. The van der Waals surface area contributed by atoms with Crippen LogP contribution in [0.3, 0.4) is 0 Å². The Labute approximate surface area is 328 Å². The van der Waals surface area contributed by atoms with Crippen molar-refractivity contribution in [3.8, 4) is 0 Å². The molecule has 0 aromatic carbocycles. The summed E-state index contributed by atoms with van der Waals surface area (Å²) in [6, 6.07) is -1.52. The van der Waals surface area contributed by atoms with Crippen molar-refractivity contribution in [2.75, 3.05) is 19.8 Å². The number of phosphoric acid groups is 1. The van der Waals surface area contributed by atoms with Gasteiger partial charge in [0.1, 0.15) is 12.6 Å². The molecule has 0 aliphatic heterocycles. The van der Waals surface area contributed by atoms with Crippen molar-refractivity contribution in [1.82, 2.24) is 0 Å². The van der Waals surface area contributed by atoms with Crippen LogP contribution in [0.4, 0.5) is 0 Å². The summed E-state index contributed by atoms with van der Waals surface area (Å²) < 4.78 is 32.7. The molecule has 0 bridgehead atoms. The number of unbranched alkanes of at least 4 members (excludes halogenated alkanes) is 25. The quantitative estimate of drug-likeness (QED) is 0.0233. The van der Waals surface area contributed by atoms with Gasteiger partial charge in [0.2, 0.25) is 0 Å². The van der Waals surface area contributed by atoms with E-state index in [4.69, 9.17) is 24.8 Å². The maximum Gasteiger partial charge on any atom is 0.472 e. The van der Waals surface area contributed by atoms with Crippen molar-refractivity contribution < 1.29 is 47.5 Å². The monoisotopic (exact) mass is 790 g/mol. The number of ether oxygens (including phenoxy) is 2. The number of carboxylic acid groups (broad SMARTS) is 1. The van der Waals surface area contributed by atoms with E-state index in [2.05, 4.69) is 30.5 Å². The molecule has 4 N–H and O–H groups in total. The highest BCUT2D eigenvalue weighted by Gasteiger charge is 2.28. The van der Waals surface area contributed by atoms with Crippen molar-refractivity contribution in [1.29, 1.82) is 0 Å². The predicted octanol–water partition coefficient (Wildman–Crippen LogP) is 11.3. The van der Waals surface area contributed by atoms with Gasteiger partial charge in [0.05, 0.1) is 13.2 Å². The molecular formula is C42H80NO10P. The number of carbonyl (C=O) groups is 3. The van der Waals surface area contributed by atoms with Gasteiger partial charge >= 0.3 is 25.7 Å². The molecule has 11 nitrogen and oxygen atoms in total. The minimum absolute atomic E-state index is 0.165. The third-order valence-electron chi connectivity index (χ3n) is 9.51. The zero-order valence-corrected chi connectivity index (χ0v) is 35.2. The number of nitrogens with two attached hydrogens (primary N) is 1. The SMILES string of the molecule is CCCCCCCCC/C=C\CCCCCCCC(=O)OC[C@H](COP(=O)(O)OC[C@H](N)C(=O)O)OC(=O)CCCCCCCCCCCCCCCC. The highest BCUT2D eigenvalue weighted by atomic mass is 31.2. The standard InChI is InChI=1S/C42H80NO10P/c1-3-5-7-9-11-13-15-17-19-20-22-23-25-27-29-31-33-40(44)50-35-38(36-51-54(48,49)52-37-39(43)42(46)47)53-41(45)34-32-30-28-26-24-21-18-16-14-12-10-8-6-4-2/h19-20,38-39H,3-18,21-37,43H2,1-2H3,(H,46,47)(H,48,49)/b20-19-/t38-,39+/m1/s1. The van der Waals surface area contributed by atoms with E-state index in [1.807, 2.05) is 0 Å². The minimum Gasteiger partial charge on any atom is -0.480 e. The second-order valence-corrected chi connectivity index (χ2v) is 16.3. The summed E-state index contributed by atoms with van der Waals surface area (Å²) in [5.41, 5.74) is 5.33. The molecule has 0 aromatic heterocycles. The number of rotatable bonds is 41. The summed E-state index contributed by atoms with van der Waals surface area (Å²) in [6.07, 6.45) is 37.0. The Kier molecular flexibility index (Phi) is 36.9. The Balaban J connectivity index is 4.35. The first-order valence-corrected chi connectivity index (χ1v) is 23.2. The van der Waals surface area contributed by atoms with Crippen molar-refractivity contribution in [2.24, 2.45) is 5.73 Å². The lowest BCUT2D eigenvalue weighted by Gasteiger charge is -2.20. The zero-order chi connectivity index (χ0) is 40.0. The number of esters is 2. The van der Waals surface area contributed by atoms with Crippen molar-refractivity contribution >= 4 is 25.7 Å². The van der Waals surface area contributed by atoms with Crippen molar-refractivity contribution in [3.63, 3.8) is 0 Å². The molecule has 0 aromatic rings. The highest BCUT2D eigenvalue weighted by molar-refractivity contribution is 7.47. The molecule has 54 heavy (non-hydrogen) atoms. The fourth-order valence-electron chi connectivity index (χ4n) is 6.06. The topological polar surface area (TPSA) is 172 Å². The van der Waals surface area contributed by atoms with E-state index in [0.29, 0.717) is 12.8 Å². The largest absolute Gasteiger partial charge is 0.480 e. The summed E-state index contributed by atoms with van der Waals surface area (Å²) in [5.74, 6) is -2.38. The third kappa shape index (κ3) is 37.2. The van der Waals surface area contributed by atoms with Crippen LogP contribution in [0.5, 0.6) is 0 Å². The van der Waals surface area contributed by atoms with Gasteiger partial charge in [-0.15, -0.1) is 0 Å². The van der Waals surface area contributed by atoms with Crippen LogP contribution in [0.25, 0.3) is 0 Å². The predicted molar refractivity (Wildman–Crippen MR) is 217 cm³/mol. The fourth-order valence-corrected chi connectivity index (χ4v) is 6.84.